The van der Waals surface area contributed by atoms with Crippen molar-refractivity contribution >= 4 is 29.0 Å². The van der Waals surface area contributed by atoms with Crippen LogP contribution in [0.5, 0.6) is 11.5 Å². The van der Waals surface area contributed by atoms with Crippen LogP contribution >= 0.6 is 23.1 Å². The van der Waals surface area contributed by atoms with Crippen molar-refractivity contribution in [1.29, 1.82) is 0 Å². The minimum absolute atomic E-state index is 0.0864. The Morgan fingerprint density at radius 2 is 2.00 bits per heavy atom. The van der Waals surface area contributed by atoms with Crippen molar-refractivity contribution in [1.82, 2.24) is 20.2 Å². The van der Waals surface area contributed by atoms with Crippen LogP contribution in [0.1, 0.15) is 19.4 Å². The maximum absolute atomic E-state index is 12.2. The van der Waals surface area contributed by atoms with E-state index in [9.17, 15) is 4.79 Å². The number of carbonyl (C=O) groups excluding carboxylic acids is 1. The highest BCUT2D eigenvalue weighted by molar-refractivity contribution is 7.99. The number of thiophene rings is 1. The van der Waals surface area contributed by atoms with E-state index in [1.165, 1.54) is 27.8 Å². The van der Waals surface area contributed by atoms with Gasteiger partial charge in [0, 0.05) is 6.54 Å². The van der Waals surface area contributed by atoms with Gasteiger partial charge in [0.2, 0.25) is 11.1 Å². The number of hydrogen-bond acceptors (Lipinski definition) is 8. The zero-order valence-electron chi connectivity index (χ0n) is 17.0. The Kier molecular flexibility index (Phi) is 7.97. The highest BCUT2D eigenvalue weighted by atomic mass is 32.2. The zero-order valence-corrected chi connectivity index (χ0v) is 18.6. The quantitative estimate of drug-likeness (QED) is 0.344. The molecule has 0 atom stereocenters. The smallest absolute Gasteiger partial charge is 0.230 e. The Morgan fingerprint density at radius 1 is 1.20 bits per heavy atom. The normalized spacial score (nSPS) is 10.7. The number of thioether (sulfide) groups is 1. The van der Waals surface area contributed by atoms with Crippen LogP contribution in [0.3, 0.4) is 0 Å². The standard InChI is InChI=1S/C20H25N5O3S2/c1-3-27-15-8-7-14(12-16(15)28-4-2)9-10-22-18(26)13-30-20-24-23-19(25(20)21)17-6-5-11-29-17/h5-8,11-12H,3-4,9-10,13,21H2,1-2H3,(H,22,26). The monoisotopic (exact) mass is 447 g/mol. The van der Waals surface area contributed by atoms with Crippen molar-refractivity contribution in [3.63, 3.8) is 0 Å². The van der Waals surface area contributed by atoms with E-state index in [2.05, 4.69) is 15.5 Å². The molecule has 0 saturated carbocycles. The molecule has 0 spiro atoms. The Hall–Kier alpha value is -2.72. The fourth-order valence-electron chi connectivity index (χ4n) is 2.73. The van der Waals surface area contributed by atoms with Crippen molar-refractivity contribution in [2.24, 2.45) is 0 Å². The van der Waals surface area contributed by atoms with Gasteiger partial charge in [0.15, 0.2) is 17.3 Å². The van der Waals surface area contributed by atoms with Crippen LogP contribution in [0.2, 0.25) is 0 Å². The lowest BCUT2D eigenvalue weighted by atomic mass is 10.1. The highest BCUT2D eigenvalue weighted by Crippen LogP contribution is 2.28. The number of carbonyl (C=O) groups is 1. The Balaban J connectivity index is 1.47. The molecular formula is C20H25N5O3S2. The molecule has 2 heterocycles. The van der Waals surface area contributed by atoms with Crippen LogP contribution in [0.15, 0.2) is 40.9 Å². The lowest BCUT2D eigenvalue weighted by Crippen LogP contribution is -2.27. The fourth-order valence-corrected chi connectivity index (χ4v) is 4.12. The topological polar surface area (TPSA) is 104 Å². The first-order valence-corrected chi connectivity index (χ1v) is 11.5. The minimum Gasteiger partial charge on any atom is -0.490 e. The van der Waals surface area contributed by atoms with Gasteiger partial charge in [0.25, 0.3) is 0 Å². The summed E-state index contributed by atoms with van der Waals surface area (Å²) in [5.41, 5.74) is 1.07. The predicted octanol–water partition coefficient (Wildman–Crippen LogP) is 2.97. The SMILES string of the molecule is CCOc1ccc(CCNC(=O)CSc2nnc(-c3cccs3)n2N)cc1OCC. The van der Waals surface area contributed by atoms with Gasteiger partial charge in [-0.25, -0.2) is 4.68 Å². The van der Waals surface area contributed by atoms with Gasteiger partial charge in [0.05, 0.1) is 23.8 Å². The van der Waals surface area contributed by atoms with Crippen molar-refractivity contribution in [3.8, 4) is 22.2 Å². The molecule has 0 unspecified atom stereocenters. The molecule has 3 rings (SSSR count). The van der Waals surface area contributed by atoms with Gasteiger partial charge in [0.1, 0.15) is 0 Å². The van der Waals surface area contributed by atoms with E-state index in [0.717, 1.165) is 21.9 Å². The highest BCUT2D eigenvalue weighted by Gasteiger charge is 2.14. The molecule has 3 N–H and O–H groups in total. The van der Waals surface area contributed by atoms with Gasteiger partial charge in [-0.3, -0.25) is 4.79 Å². The Morgan fingerprint density at radius 3 is 2.73 bits per heavy atom. The predicted molar refractivity (Wildman–Crippen MR) is 120 cm³/mol. The van der Waals surface area contributed by atoms with Gasteiger partial charge < -0.3 is 20.6 Å². The van der Waals surface area contributed by atoms with Crippen LogP contribution in [-0.4, -0.2) is 46.3 Å². The lowest BCUT2D eigenvalue weighted by Gasteiger charge is -2.12. The Bertz CT molecular complexity index is 960. The third-order valence-corrected chi connectivity index (χ3v) is 5.89. The second kappa shape index (κ2) is 10.9. The maximum Gasteiger partial charge on any atom is 0.230 e. The molecule has 0 aliphatic rings. The van der Waals surface area contributed by atoms with Crippen molar-refractivity contribution in [3.05, 3.63) is 41.3 Å². The molecule has 10 heteroatoms. The molecule has 3 aromatic rings. The second-order valence-corrected chi connectivity index (χ2v) is 8.08. The molecule has 0 fully saturated rings. The third-order valence-electron chi connectivity index (χ3n) is 4.08. The zero-order chi connectivity index (χ0) is 21.3. The molecule has 1 aromatic carbocycles. The lowest BCUT2D eigenvalue weighted by molar-refractivity contribution is -0.118. The number of nitrogens with zero attached hydrogens (tertiary/aromatic N) is 3. The molecule has 0 aliphatic heterocycles. The summed E-state index contributed by atoms with van der Waals surface area (Å²) in [7, 11) is 0. The molecule has 2 aromatic heterocycles. The summed E-state index contributed by atoms with van der Waals surface area (Å²) in [6, 6.07) is 9.70. The van der Waals surface area contributed by atoms with Crippen molar-refractivity contribution in [2.45, 2.75) is 25.4 Å². The van der Waals surface area contributed by atoms with E-state index in [-0.39, 0.29) is 11.7 Å². The first-order chi connectivity index (χ1) is 14.6. The molecule has 160 valence electrons. The molecule has 8 nitrogen and oxygen atoms in total. The number of nitrogens with two attached hydrogens (primary N) is 1. The van der Waals surface area contributed by atoms with Crippen LogP contribution in [0, 0.1) is 0 Å². The van der Waals surface area contributed by atoms with E-state index < -0.39 is 0 Å². The number of hydrogen-bond donors (Lipinski definition) is 2. The largest absolute Gasteiger partial charge is 0.490 e. The molecule has 0 aliphatic carbocycles. The minimum atomic E-state index is -0.0864. The first-order valence-electron chi connectivity index (χ1n) is 9.64. The second-order valence-electron chi connectivity index (χ2n) is 6.19. The van der Waals surface area contributed by atoms with Crippen molar-refractivity contribution in [2.75, 3.05) is 31.4 Å². The number of benzene rings is 1. The molecule has 0 radical (unpaired) electrons. The third kappa shape index (κ3) is 5.67. The van der Waals surface area contributed by atoms with Gasteiger partial charge in [-0.15, -0.1) is 21.5 Å². The summed E-state index contributed by atoms with van der Waals surface area (Å²) in [5, 5.41) is 13.5. The first kappa shape index (κ1) is 22.0. The maximum atomic E-state index is 12.2. The molecular weight excluding hydrogens is 422 g/mol. The number of amides is 1. The van der Waals surface area contributed by atoms with E-state index >= 15 is 0 Å². The van der Waals surface area contributed by atoms with E-state index in [0.29, 0.717) is 37.2 Å². The summed E-state index contributed by atoms with van der Waals surface area (Å²) in [6.07, 6.45) is 0.693. The summed E-state index contributed by atoms with van der Waals surface area (Å²) in [4.78, 5) is 13.1. The molecule has 1 amide bonds. The van der Waals surface area contributed by atoms with Gasteiger partial charge in [-0.05, 0) is 49.4 Å². The van der Waals surface area contributed by atoms with Crippen LogP contribution in [0.4, 0.5) is 0 Å². The number of ether oxygens (including phenoxy) is 2. The molecule has 0 bridgehead atoms. The van der Waals surface area contributed by atoms with E-state index in [1.807, 2.05) is 49.6 Å². The number of nitrogens with one attached hydrogen (secondary N) is 1. The van der Waals surface area contributed by atoms with Crippen LogP contribution in [-0.2, 0) is 11.2 Å². The average Bonchev–Trinajstić information content (AvgIpc) is 3.38. The summed E-state index contributed by atoms with van der Waals surface area (Å²) in [5.74, 6) is 8.23. The summed E-state index contributed by atoms with van der Waals surface area (Å²) < 4.78 is 12.6. The number of nitrogen functional groups attached to an aromatic ring is 1. The van der Waals surface area contributed by atoms with Gasteiger partial charge in [-0.1, -0.05) is 23.9 Å². The number of aromatic nitrogens is 3. The number of rotatable bonds is 11. The van der Waals surface area contributed by atoms with Crippen molar-refractivity contribution < 1.29 is 14.3 Å². The van der Waals surface area contributed by atoms with Crippen LogP contribution in [0.25, 0.3) is 10.7 Å². The van der Waals surface area contributed by atoms with Gasteiger partial charge >= 0.3 is 0 Å². The Labute approximate surface area is 183 Å². The molecule has 30 heavy (non-hydrogen) atoms. The fraction of sp³-hybridized carbons (Fsp3) is 0.350. The average molecular weight is 448 g/mol. The molecule has 0 saturated heterocycles. The van der Waals surface area contributed by atoms with E-state index in [1.54, 1.807) is 0 Å². The van der Waals surface area contributed by atoms with Gasteiger partial charge in [-0.2, -0.15) is 0 Å². The van der Waals surface area contributed by atoms with Crippen LogP contribution < -0.4 is 20.6 Å². The summed E-state index contributed by atoms with van der Waals surface area (Å²) >= 11 is 2.79. The summed E-state index contributed by atoms with van der Waals surface area (Å²) in [6.45, 7) is 5.55. The van der Waals surface area contributed by atoms with E-state index in [4.69, 9.17) is 15.3 Å².